The van der Waals surface area contributed by atoms with Gasteiger partial charge in [0.15, 0.2) is 0 Å². The van der Waals surface area contributed by atoms with E-state index in [1.165, 1.54) is 7.11 Å². The fourth-order valence-corrected chi connectivity index (χ4v) is 2.16. The number of nitrogens with one attached hydrogen (secondary N) is 2. The highest BCUT2D eigenvalue weighted by Crippen LogP contribution is 2.20. The van der Waals surface area contributed by atoms with E-state index in [0.717, 1.165) is 15.4 Å². The van der Waals surface area contributed by atoms with E-state index in [1.807, 2.05) is 18.2 Å². The lowest BCUT2D eigenvalue weighted by Gasteiger charge is -2.09. The van der Waals surface area contributed by atoms with E-state index in [4.69, 9.17) is 4.74 Å². The Morgan fingerprint density at radius 2 is 2.32 bits per heavy atom. The quantitative estimate of drug-likeness (QED) is 0.782. The van der Waals surface area contributed by atoms with Gasteiger partial charge >= 0.3 is 0 Å². The molecule has 1 heterocycles. The zero-order valence-electron chi connectivity index (χ0n) is 10.4. The maximum Gasteiger partial charge on any atom is 0.267 e. The first-order valence-corrected chi connectivity index (χ1v) is 6.63. The molecule has 3 N–H and O–H groups in total. The molecule has 2 aromatic rings. The summed E-state index contributed by atoms with van der Waals surface area (Å²) in [5.74, 6) is -0.248. The van der Waals surface area contributed by atoms with Crippen molar-refractivity contribution in [2.24, 2.45) is 0 Å². The number of rotatable bonds is 5. The van der Waals surface area contributed by atoms with Gasteiger partial charge in [-0.05, 0) is 24.3 Å². The summed E-state index contributed by atoms with van der Waals surface area (Å²) >= 11 is 3.38. The molecule has 0 aliphatic heterocycles. The molecule has 2 rings (SSSR count). The fraction of sp³-hybridized carbons (Fsp3) is 0.308. The minimum absolute atomic E-state index is 0.158. The number of aromatic nitrogens is 1. The van der Waals surface area contributed by atoms with Gasteiger partial charge in [0.05, 0.1) is 12.7 Å². The predicted molar refractivity (Wildman–Crippen MR) is 76.2 cm³/mol. The van der Waals surface area contributed by atoms with Crippen LogP contribution in [0.2, 0.25) is 0 Å². The van der Waals surface area contributed by atoms with Crippen LogP contribution in [0.15, 0.2) is 28.7 Å². The van der Waals surface area contributed by atoms with Crippen LogP contribution in [0.5, 0.6) is 0 Å². The number of fused-ring (bicyclic) bond motifs is 1. The third-order valence-corrected chi connectivity index (χ3v) is 3.18. The molecular formula is C13H15BrN2O3. The number of hydrogen-bond acceptors (Lipinski definition) is 3. The molecule has 0 radical (unpaired) electrons. The van der Waals surface area contributed by atoms with Gasteiger partial charge < -0.3 is 20.1 Å². The number of aliphatic hydroxyl groups excluding tert-OH is 1. The number of amides is 1. The Balaban J connectivity index is 2.05. The first kappa shape index (κ1) is 14.0. The summed E-state index contributed by atoms with van der Waals surface area (Å²) in [5.41, 5.74) is 1.36. The molecule has 1 aromatic carbocycles. The number of methoxy groups -OCH3 is 1. The molecule has 19 heavy (non-hydrogen) atoms. The summed E-state index contributed by atoms with van der Waals surface area (Å²) in [6, 6.07) is 7.51. The Morgan fingerprint density at radius 1 is 1.53 bits per heavy atom. The molecule has 0 saturated carbocycles. The average Bonchev–Trinajstić information content (AvgIpc) is 2.79. The van der Waals surface area contributed by atoms with Crippen LogP contribution in [-0.4, -0.2) is 42.4 Å². The molecule has 0 fully saturated rings. The van der Waals surface area contributed by atoms with E-state index >= 15 is 0 Å². The van der Waals surface area contributed by atoms with Crippen LogP contribution in [0, 0.1) is 0 Å². The van der Waals surface area contributed by atoms with Gasteiger partial charge in [-0.1, -0.05) is 15.9 Å². The van der Waals surface area contributed by atoms with E-state index in [0.29, 0.717) is 5.69 Å². The smallest absolute Gasteiger partial charge is 0.267 e. The zero-order chi connectivity index (χ0) is 13.8. The van der Waals surface area contributed by atoms with Crippen molar-refractivity contribution in [1.29, 1.82) is 0 Å². The Bertz CT molecular complexity index is 582. The SMILES string of the molecule is COCC(O)CNC(=O)c1cc2cc(Br)ccc2[nH]1. The lowest BCUT2D eigenvalue weighted by atomic mass is 10.2. The lowest BCUT2D eigenvalue weighted by Crippen LogP contribution is -2.34. The Morgan fingerprint density at radius 3 is 3.05 bits per heavy atom. The zero-order valence-corrected chi connectivity index (χ0v) is 12.0. The second-order valence-corrected chi connectivity index (χ2v) is 5.15. The number of carbonyl (C=O) groups is 1. The van der Waals surface area contributed by atoms with Crippen molar-refractivity contribution in [2.45, 2.75) is 6.10 Å². The summed E-state index contributed by atoms with van der Waals surface area (Å²) < 4.78 is 5.75. The number of aliphatic hydroxyl groups is 1. The molecule has 0 spiro atoms. The second-order valence-electron chi connectivity index (χ2n) is 4.23. The monoisotopic (exact) mass is 326 g/mol. The van der Waals surface area contributed by atoms with Crippen LogP contribution in [0.25, 0.3) is 10.9 Å². The van der Waals surface area contributed by atoms with Gasteiger partial charge in [-0.3, -0.25) is 4.79 Å². The lowest BCUT2D eigenvalue weighted by molar-refractivity contribution is 0.0609. The molecule has 0 aliphatic rings. The average molecular weight is 327 g/mol. The summed E-state index contributed by atoms with van der Waals surface area (Å²) in [4.78, 5) is 14.9. The van der Waals surface area contributed by atoms with Gasteiger partial charge in [0.25, 0.3) is 5.91 Å². The van der Waals surface area contributed by atoms with Gasteiger partial charge in [-0.15, -0.1) is 0 Å². The van der Waals surface area contributed by atoms with Crippen molar-refractivity contribution in [3.05, 3.63) is 34.4 Å². The molecular weight excluding hydrogens is 312 g/mol. The van der Waals surface area contributed by atoms with Crippen molar-refractivity contribution in [3.8, 4) is 0 Å². The molecule has 5 nitrogen and oxygen atoms in total. The number of carbonyl (C=O) groups excluding carboxylic acids is 1. The third-order valence-electron chi connectivity index (χ3n) is 2.68. The predicted octanol–water partition coefficient (Wildman–Crippen LogP) is 1.67. The molecule has 1 aromatic heterocycles. The van der Waals surface area contributed by atoms with Crippen LogP contribution >= 0.6 is 15.9 Å². The van der Waals surface area contributed by atoms with Crippen LogP contribution < -0.4 is 5.32 Å². The summed E-state index contributed by atoms with van der Waals surface area (Å²) in [7, 11) is 1.50. The number of benzene rings is 1. The van der Waals surface area contributed by atoms with Crippen molar-refractivity contribution in [1.82, 2.24) is 10.3 Å². The fourth-order valence-electron chi connectivity index (χ4n) is 1.78. The van der Waals surface area contributed by atoms with Gasteiger partial charge in [-0.2, -0.15) is 0 Å². The number of halogens is 1. The molecule has 1 amide bonds. The van der Waals surface area contributed by atoms with Crippen LogP contribution in [0.1, 0.15) is 10.5 Å². The molecule has 6 heteroatoms. The normalized spacial score (nSPS) is 12.6. The number of aromatic amines is 1. The Hall–Kier alpha value is -1.37. The molecule has 1 atom stereocenters. The topological polar surface area (TPSA) is 74.3 Å². The number of H-pyrrole nitrogens is 1. The highest BCUT2D eigenvalue weighted by molar-refractivity contribution is 9.10. The molecule has 0 aliphatic carbocycles. The highest BCUT2D eigenvalue weighted by Gasteiger charge is 2.11. The molecule has 0 saturated heterocycles. The second kappa shape index (κ2) is 6.18. The third kappa shape index (κ3) is 3.56. The van der Waals surface area contributed by atoms with E-state index < -0.39 is 6.10 Å². The Kier molecular flexibility index (Phi) is 4.57. The molecule has 102 valence electrons. The van der Waals surface area contributed by atoms with E-state index in [9.17, 15) is 9.90 Å². The van der Waals surface area contributed by atoms with E-state index in [2.05, 4.69) is 26.2 Å². The summed E-state index contributed by atoms with van der Waals surface area (Å²) in [6.45, 7) is 0.353. The van der Waals surface area contributed by atoms with Crippen molar-refractivity contribution in [2.75, 3.05) is 20.3 Å². The molecule has 1 unspecified atom stereocenters. The standard InChI is InChI=1S/C13H15BrN2O3/c1-19-7-10(17)6-15-13(18)12-5-8-4-9(14)2-3-11(8)16-12/h2-5,10,16-17H,6-7H2,1H3,(H,15,18). The first-order chi connectivity index (χ1) is 9.10. The van der Waals surface area contributed by atoms with Gasteiger partial charge in [0.2, 0.25) is 0 Å². The van der Waals surface area contributed by atoms with Crippen LogP contribution in [-0.2, 0) is 4.74 Å². The van der Waals surface area contributed by atoms with E-state index in [-0.39, 0.29) is 19.1 Å². The van der Waals surface area contributed by atoms with Crippen molar-refractivity contribution >= 4 is 32.7 Å². The largest absolute Gasteiger partial charge is 0.389 e. The summed E-state index contributed by atoms with van der Waals surface area (Å²) in [6.07, 6.45) is -0.701. The van der Waals surface area contributed by atoms with Crippen molar-refractivity contribution < 1.29 is 14.6 Å². The maximum atomic E-state index is 11.9. The van der Waals surface area contributed by atoms with Gasteiger partial charge in [0, 0.05) is 29.0 Å². The molecule has 0 bridgehead atoms. The Labute approximate surface area is 119 Å². The van der Waals surface area contributed by atoms with Crippen LogP contribution in [0.4, 0.5) is 0 Å². The van der Waals surface area contributed by atoms with Gasteiger partial charge in [-0.25, -0.2) is 0 Å². The first-order valence-electron chi connectivity index (χ1n) is 5.83. The maximum absolute atomic E-state index is 11.9. The van der Waals surface area contributed by atoms with Crippen molar-refractivity contribution in [3.63, 3.8) is 0 Å². The minimum atomic E-state index is -0.701. The number of ether oxygens (including phenoxy) is 1. The van der Waals surface area contributed by atoms with E-state index in [1.54, 1.807) is 6.07 Å². The van der Waals surface area contributed by atoms with Crippen LogP contribution in [0.3, 0.4) is 0 Å². The van der Waals surface area contributed by atoms with Gasteiger partial charge in [0.1, 0.15) is 5.69 Å². The highest BCUT2D eigenvalue weighted by atomic mass is 79.9. The minimum Gasteiger partial charge on any atom is -0.389 e. The summed E-state index contributed by atoms with van der Waals surface area (Å²) in [5, 5.41) is 13.1. The number of hydrogen-bond donors (Lipinski definition) is 3.